The number of nitrogens with zero attached hydrogens (tertiary/aromatic N) is 3. The summed E-state index contributed by atoms with van der Waals surface area (Å²) in [6.07, 6.45) is 11.4. The fourth-order valence-electron chi connectivity index (χ4n) is 4.42. The van der Waals surface area contributed by atoms with E-state index in [1.54, 1.807) is 11.7 Å². The molecule has 1 aliphatic carbocycles. The van der Waals surface area contributed by atoms with Gasteiger partial charge in [0.15, 0.2) is 0 Å². The molecule has 2 N–H and O–H groups in total. The molecule has 4 rings (SSSR count). The molecule has 0 spiro atoms. The van der Waals surface area contributed by atoms with Gasteiger partial charge in [0, 0.05) is 29.5 Å². The van der Waals surface area contributed by atoms with Gasteiger partial charge in [-0.25, -0.2) is 5.48 Å². The summed E-state index contributed by atoms with van der Waals surface area (Å²) in [5.74, 6) is 1.03. The van der Waals surface area contributed by atoms with Crippen LogP contribution in [-0.4, -0.2) is 26.2 Å². The van der Waals surface area contributed by atoms with Crippen LogP contribution in [0.3, 0.4) is 0 Å². The van der Waals surface area contributed by atoms with Gasteiger partial charge in [-0.2, -0.15) is 4.98 Å². The largest absolute Gasteiger partial charge is 0.339 e. The number of benzene rings is 1. The molecule has 1 aromatic carbocycles. The van der Waals surface area contributed by atoms with Crippen molar-refractivity contribution in [3.8, 4) is 11.4 Å². The molecule has 0 bridgehead atoms. The van der Waals surface area contributed by atoms with Gasteiger partial charge in [0.05, 0.1) is 5.52 Å². The number of nitrogens with one attached hydrogen (secondary N) is 1. The standard InChI is InChI=1S/C23H28N4O3/c28-21(26-29)14-18(11-6-9-16-7-2-1-3-8-16)23-25-22(27-30-23)19-13-17-10-4-5-12-20(17)24-15-19/h4-5,10,12-13,15-16,18,29H,1-3,6-9,11,14H2,(H,26,28). The minimum atomic E-state index is -0.440. The second-order valence-electron chi connectivity index (χ2n) is 8.24. The van der Waals surface area contributed by atoms with Gasteiger partial charge < -0.3 is 4.52 Å². The molecule has 7 nitrogen and oxygen atoms in total. The number of fused-ring (bicyclic) bond motifs is 1. The minimum absolute atomic E-state index is 0.124. The van der Waals surface area contributed by atoms with Crippen molar-refractivity contribution in [2.24, 2.45) is 5.92 Å². The highest BCUT2D eigenvalue weighted by molar-refractivity contribution is 5.82. The van der Waals surface area contributed by atoms with Crippen LogP contribution in [0.2, 0.25) is 0 Å². The highest BCUT2D eigenvalue weighted by atomic mass is 16.5. The molecule has 3 aromatic rings. The van der Waals surface area contributed by atoms with E-state index in [1.807, 2.05) is 30.3 Å². The third-order valence-corrected chi connectivity index (χ3v) is 6.09. The molecular formula is C23H28N4O3. The van der Waals surface area contributed by atoms with E-state index in [0.29, 0.717) is 11.7 Å². The van der Waals surface area contributed by atoms with Crippen LogP contribution in [0, 0.1) is 5.92 Å². The van der Waals surface area contributed by atoms with Crippen LogP contribution >= 0.6 is 0 Å². The summed E-state index contributed by atoms with van der Waals surface area (Å²) >= 11 is 0. The molecule has 2 heterocycles. The number of rotatable bonds is 8. The smallest absolute Gasteiger partial charge is 0.244 e. The van der Waals surface area contributed by atoms with Crippen LogP contribution in [0.5, 0.6) is 0 Å². The monoisotopic (exact) mass is 408 g/mol. The number of hydroxylamine groups is 1. The maximum absolute atomic E-state index is 11.8. The Morgan fingerprint density at radius 3 is 2.90 bits per heavy atom. The Morgan fingerprint density at radius 2 is 2.07 bits per heavy atom. The van der Waals surface area contributed by atoms with E-state index in [1.165, 1.54) is 32.1 Å². The van der Waals surface area contributed by atoms with Crippen LogP contribution in [0.1, 0.15) is 69.6 Å². The van der Waals surface area contributed by atoms with E-state index in [-0.39, 0.29) is 12.3 Å². The lowest BCUT2D eigenvalue weighted by molar-refractivity contribution is -0.129. The zero-order valence-corrected chi connectivity index (χ0v) is 17.1. The van der Waals surface area contributed by atoms with Crippen LogP contribution in [0.4, 0.5) is 0 Å². The average Bonchev–Trinajstić information content (AvgIpc) is 3.29. The molecule has 1 saturated carbocycles. The Morgan fingerprint density at radius 1 is 1.23 bits per heavy atom. The Labute approximate surface area is 175 Å². The van der Waals surface area contributed by atoms with Crippen LogP contribution in [0.15, 0.2) is 41.1 Å². The zero-order valence-electron chi connectivity index (χ0n) is 17.1. The number of amides is 1. The van der Waals surface area contributed by atoms with E-state index in [4.69, 9.17) is 9.73 Å². The van der Waals surface area contributed by atoms with Crippen LogP contribution in [-0.2, 0) is 4.79 Å². The second kappa shape index (κ2) is 9.80. The average molecular weight is 409 g/mol. The highest BCUT2D eigenvalue weighted by Gasteiger charge is 2.23. The maximum Gasteiger partial charge on any atom is 0.244 e. The first-order chi connectivity index (χ1) is 14.7. The van der Waals surface area contributed by atoms with Gasteiger partial charge >= 0.3 is 0 Å². The van der Waals surface area contributed by atoms with E-state index in [2.05, 4.69) is 15.1 Å². The summed E-state index contributed by atoms with van der Waals surface area (Å²) in [4.78, 5) is 20.8. The maximum atomic E-state index is 11.8. The summed E-state index contributed by atoms with van der Waals surface area (Å²) in [5, 5.41) is 14.1. The van der Waals surface area contributed by atoms with Crippen molar-refractivity contribution in [2.45, 2.75) is 63.7 Å². The molecule has 30 heavy (non-hydrogen) atoms. The lowest BCUT2D eigenvalue weighted by atomic mass is 9.84. The molecule has 2 aromatic heterocycles. The molecule has 0 aliphatic heterocycles. The van der Waals surface area contributed by atoms with Gasteiger partial charge in [-0.05, 0) is 24.5 Å². The van der Waals surface area contributed by atoms with Crippen LogP contribution in [0.25, 0.3) is 22.3 Å². The second-order valence-corrected chi connectivity index (χ2v) is 8.24. The third kappa shape index (κ3) is 5.02. The highest BCUT2D eigenvalue weighted by Crippen LogP contribution is 2.32. The molecule has 1 fully saturated rings. The molecular weight excluding hydrogens is 380 g/mol. The third-order valence-electron chi connectivity index (χ3n) is 6.09. The van der Waals surface area contributed by atoms with Gasteiger partial charge in [-0.3, -0.25) is 15.0 Å². The predicted octanol–water partition coefficient (Wildman–Crippen LogP) is 5.01. The molecule has 1 amide bonds. The molecule has 158 valence electrons. The Balaban J connectivity index is 1.47. The number of carbonyl (C=O) groups excluding carboxylic acids is 1. The first-order valence-corrected chi connectivity index (χ1v) is 10.8. The molecule has 7 heteroatoms. The molecule has 0 radical (unpaired) electrons. The number of carbonyl (C=O) groups is 1. The topological polar surface area (TPSA) is 101 Å². The van der Waals surface area contributed by atoms with Crippen molar-refractivity contribution in [3.63, 3.8) is 0 Å². The van der Waals surface area contributed by atoms with Crippen molar-refractivity contribution < 1.29 is 14.5 Å². The lowest BCUT2D eigenvalue weighted by Gasteiger charge is -2.22. The van der Waals surface area contributed by atoms with E-state index in [9.17, 15) is 4.79 Å². The summed E-state index contributed by atoms with van der Waals surface area (Å²) < 4.78 is 5.53. The van der Waals surface area contributed by atoms with E-state index in [0.717, 1.165) is 41.6 Å². The molecule has 1 atom stereocenters. The minimum Gasteiger partial charge on any atom is -0.339 e. The zero-order chi connectivity index (χ0) is 20.8. The van der Waals surface area contributed by atoms with Crippen molar-refractivity contribution in [3.05, 3.63) is 42.4 Å². The van der Waals surface area contributed by atoms with Crippen molar-refractivity contribution in [1.29, 1.82) is 0 Å². The van der Waals surface area contributed by atoms with Crippen molar-refractivity contribution in [2.75, 3.05) is 0 Å². The number of hydrogen-bond acceptors (Lipinski definition) is 6. The quantitative estimate of drug-likeness (QED) is 0.401. The summed E-state index contributed by atoms with van der Waals surface area (Å²) in [6, 6.07) is 9.84. The lowest BCUT2D eigenvalue weighted by Crippen LogP contribution is -2.21. The molecule has 1 unspecified atom stereocenters. The van der Waals surface area contributed by atoms with E-state index >= 15 is 0 Å². The molecule has 1 aliphatic rings. The Bertz CT molecular complexity index is 981. The normalized spacial score (nSPS) is 15.9. The number of aromatic nitrogens is 3. The summed E-state index contributed by atoms with van der Waals surface area (Å²) in [7, 11) is 0. The Hall–Kier alpha value is -2.80. The van der Waals surface area contributed by atoms with E-state index < -0.39 is 5.91 Å². The Kier molecular flexibility index (Phi) is 6.69. The fourth-order valence-corrected chi connectivity index (χ4v) is 4.42. The fraction of sp³-hybridized carbons (Fsp3) is 0.478. The van der Waals surface area contributed by atoms with Crippen molar-refractivity contribution >= 4 is 16.8 Å². The van der Waals surface area contributed by atoms with Crippen molar-refractivity contribution in [1.82, 2.24) is 20.6 Å². The van der Waals surface area contributed by atoms with Gasteiger partial charge in [0.2, 0.25) is 17.6 Å². The molecule has 0 saturated heterocycles. The van der Waals surface area contributed by atoms with Gasteiger partial charge in [0.25, 0.3) is 0 Å². The van der Waals surface area contributed by atoms with Gasteiger partial charge in [-0.1, -0.05) is 68.3 Å². The SMILES string of the molecule is O=C(CC(CCCC1CCCCC1)c1nc(-c2cnc3ccccc3c2)no1)NO. The predicted molar refractivity (Wildman–Crippen MR) is 113 cm³/mol. The summed E-state index contributed by atoms with van der Waals surface area (Å²) in [5.41, 5.74) is 3.41. The number of para-hydroxylation sites is 1. The van der Waals surface area contributed by atoms with Crippen LogP contribution < -0.4 is 5.48 Å². The van der Waals surface area contributed by atoms with Gasteiger partial charge in [-0.15, -0.1) is 0 Å². The number of hydrogen-bond donors (Lipinski definition) is 2. The van der Waals surface area contributed by atoms with Gasteiger partial charge in [0.1, 0.15) is 0 Å². The number of pyridine rings is 1. The first-order valence-electron chi connectivity index (χ1n) is 10.8. The summed E-state index contributed by atoms with van der Waals surface area (Å²) in [6.45, 7) is 0. The first kappa shape index (κ1) is 20.5.